The lowest BCUT2D eigenvalue weighted by Gasteiger charge is -2.35. The van der Waals surface area contributed by atoms with Crippen LogP contribution in [0, 0.1) is 0 Å². The van der Waals surface area contributed by atoms with Crippen molar-refractivity contribution in [2.45, 2.75) is 44.2 Å². The van der Waals surface area contributed by atoms with Gasteiger partial charge >= 0.3 is 0 Å². The quantitative estimate of drug-likeness (QED) is 0.836. The summed E-state index contributed by atoms with van der Waals surface area (Å²) in [5.41, 5.74) is 0.938. The van der Waals surface area contributed by atoms with Gasteiger partial charge in [0.05, 0.1) is 36.0 Å². The molecule has 1 saturated heterocycles. The first-order chi connectivity index (χ1) is 9.69. The minimum atomic E-state index is -0.326. The molecule has 3 nitrogen and oxygen atoms in total. The first-order valence-electron chi connectivity index (χ1n) is 7.01. The molecule has 1 aromatic rings. The van der Waals surface area contributed by atoms with Gasteiger partial charge in [0.25, 0.3) is 0 Å². The van der Waals surface area contributed by atoms with Gasteiger partial charge in [-0.2, -0.15) is 0 Å². The summed E-state index contributed by atoms with van der Waals surface area (Å²) in [5, 5.41) is 1.16. The van der Waals surface area contributed by atoms with E-state index in [-0.39, 0.29) is 11.9 Å². The summed E-state index contributed by atoms with van der Waals surface area (Å²) in [5.74, 6) is -0.326. The molecule has 0 bridgehead atoms. The molecule has 0 amide bonds. The Hall–Kier alpha value is -0.320. The highest BCUT2D eigenvalue weighted by Gasteiger charge is 2.40. The molecule has 20 heavy (non-hydrogen) atoms. The largest absolute Gasteiger partial charge is 0.373 e. The Morgan fingerprint density at radius 1 is 1.15 bits per heavy atom. The van der Waals surface area contributed by atoms with Gasteiger partial charge in [0.15, 0.2) is 5.79 Å². The van der Waals surface area contributed by atoms with Gasteiger partial charge in [-0.05, 0) is 24.5 Å². The summed E-state index contributed by atoms with van der Waals surface area (Å²) in [6, 6.07) is 5.62. The lowest BCUT2D eigenvalue weighted by atomic mass is 9.92. The maximum absolute atomic E-state index is 6.16. The van der Waals surface area contributed by atoms with Gasteiger partial charge < -0.3 is 14.2 Å². The highest BCUT2D eigenvalue weighted by Crippen LogP contribution is 2.37. The van der Waals surface area contributed by atoms with Crippen molar-refractivity contribution in [3.05, 3.63) is 33.8 Å². The maximum atomic E-state index is 6.16. The van der Waals surface area contributed by atoms with Crippen LogP contribution in [0.1, 0.15) is 31.2 Å². The molecule has 3 rings (SSSR count). The average Bonchev–Trinajstić information content (AvgIpc) is 2.91. The second kappa shape index (κ2) is 6.20. The van der Waals surface area contributed by atoms with Gasteiger partial charge in [-0.15, -0.1) is 0 Å². The first kappa shape index (κ1) is 14.6. The summed E-state index contributed by atoms with van der Waals surface area (Å²) in [6.45, 7) is 1.92. The van der Waals surface area contributed by atoms with Gasteiger partial charge in [0, 0.05) is 12.8 Å². The van der Waals surface area contributed by atoms with E-state index in [1.165, 1.54) is 0 Å². The zero-order valence-electron chi connectivity index (χ0n) is 11.2. The fourth-order valence-corrected chi connectivity index (χ4v) is 3.23. The van der Waals surface area contributed by atoms with Crippen LogP contribution in [-0.4, -0.2) is 25.1 Å². The Labute approximate surface area is 129 Å². The molecule has 0 aromatic heterocycles. The number of halogens is 2. The Morgan fingerprint density at radius 2 is 1.85 bits per heavy atom. The summed E-state index contributed by atoms with van der Waals surface area (Å²) in [4.78, 5) is 0. The number of hydrogen-bond acceptors (Lipinski definition) is 3. The lowest BCUT2D eigenvalue weighted by Crippen LogP contribution is -2.37. The van der Waals surface area contributed by atoms with E-state index in [1.54, 1.807) is 6.07 Å². The highest BCUT2D eigenvalue weighted by molar-refractivity contribution is 6.42. The molecule has 1 saturated carbocycles. The first-order valence-corrected chi connectivity index (χ1v) is 7.77. The van der Waals surface area contributed by atoms with Crippen molar-refractivity contribution in [1.29, 1.82) is 0 Å². The fourth-order valence-electron chi connectivity index (χ4n) is 2.85. The van der Waals surface area contributed by atoms with Crippen LogP contribution in [0.25, 0.3) is 0 Å². The predicted molar refractivity (Wildman–Crippen MR) is 78.1 cm³/mol. The fraction of sp³-hybridized carbons (Fsp3) is 0.600. The van der Waals surface area contributed by atoms with Crippen LogP contribution >= 0.6 is 23.2 Å². The van der Waals surface area contributed by atoms with Gasteiger partial charge in [-0.3, -0.25) is 0 Å². The third-order valence-electron chi connectivity index (χ3n) is 4.01. The van der Waals surface area contributed by atoms with Crippen molar-refractivity contribution in [3.63, 3.8) is 0 Å². The molecule has 1 heterocycles. The van der Waals surface area contributed by atoms with Crippen molar-refractivity contribution >= 4 is 23.2 Å². The molecular weight excluding hydrogens is 299 g/mol. The van der Waals surface area contributed by atoms with E-state index in [0.717, 1.165) is 31.2 Å². The Balaban J connectivity index is 1.51. The predicted octanol–water partition coefficient (Wildman–Crippen LogP) is 4.20. The number of rotatable bonds is 3. The molecule has 1 aliphatic carbocycles. The van der Waals surface area contributed by atoms with Crippen molar-refractivity contribution in [3.8, 4) is 0 Å². The average molecular weight is 317 g/mol. The molecule has 0 radical (unpaired) electrons. The van der Waals surface area contributed by atoms with E-state index in [9.17, 15) is 0 Å². The third kappa shape index (κ3) is 3.12. The number of benzene rings is 1. The van der Waals surface area contributed by atoms with Crippen LogP contribution in [0.15, 0.2) is 18.2 Å². The van der Waals surface area contributed by atoms with Crippen LogP contribution in [0.3, 0.4) is 0 Å². The van der Waals surface area contributed by atoms with E-state index < -0.39 is 0 Å². The smallest absolute Gasteiger partial charge is 0.168 e. The van der Waals surface area contributed by atoms with Gasteiger partial charge in [0.1, 0.15) is 0 Å². The van der Waals surface area contributed by atoms with Crippen LogP contribution in [-0.2, 0) is 20.8 Å². The lowest BCUT2D eigenvalue weighted by molar-refractivity contribution is -0.192. The van der Waals surface area contributed by atoms with Crippen molar-refractivity contribution < 1.29 is 14.2 Å². The Bertz CT molecular complexity index is 462. The summed E-state index contributed by atoms with van der Waals surface area (Å²) in [7, 11) is 0. The van der Waals surface area contributed by atoms with Crippen LogP contribution in [0.4, 0.5) is 0 Å². The molecule has 0 atom stereocenters. The van der Waals surface area contributed by atoms with E-state index in [2.05, 4.69) is 0 Å². The minimum Gasteiger partial charge on any atom is -0.373 e. The Morgan fingerprint density at radius 3 is 2.55 bits per heavy atom. The van der Waals surface area contributed by atoms with Gasteiger partial charge in [0.2, 0.25) is 0 Å². The summed E-state index contributed by atoms with van der Waals surface area (Å²) in [6.07, 6.45) is 3.96. The molecule has 1 aliphatic heterocycles. The van der Waals surface area contributed by atoms with E-state index in [1.807, 2.05) is 12.1 Å². The minimum absolute atomic E-state index is 0.239. The molecule has 5 heteroatoms. The molecule has 2 fully saturated rings. The van der Waals surface area contributed by atoms with Crippen LogP contribution < -0.4 is 0 Å². The second-order valence-electron chi connectivity index (χ2n) is 5.33. The summed E-state index contributed by atoms with van der Waals surface area (Å²) < 4.78 is 17.4. The number of ether oxygens (including phenoxy) is 3. The van der Waals surface area contributed by atoms with Gasteiger partial charge in [-0.1, -0.05) is 35.3 Å². The zero-order valence-corrected chi connectivity index (χ0v) is 12.8. The van der Waals surface area contributed by atoms with Crippen LogP contribution in [0.2, 0.25) is 10.0 Å². The van der Waals surface area contributed by atoms with E-state index >= 15 is 0 Å². The normalized spacial score (nSPS) is 22.5. The van der Waals surface area contributed by atoms with Gasteiger partial charge in [-0.25, -0.2) is 0 Å². The van der Waals surface area contributed by atoms with E-state index in [0.29, 0.717) is 29.9 Å². The molecule has 1 aromatic carbocycles. The molecule has 0 N–H and O–H groups in total. The molecule has 0 unspecified atom stereocenters. The standard InChI is InChI=1S/C15H18Cl2O3/c16-13-3-1-2-11(14(13)17)10-18-12-4-6-15(7-5-12)19-8-9-20-15/h1-3,12H,4-10H2. The number of hydrogen-bond donors (Lipinski definition) is 0. The molecular formula is C15H18Cl2O3. The topological polar surface area (TPSA) is 27.7 Å². The Kier molecular flexibility index (Phi) is 4.53. The third-order valence-corrected chi connectivity index (χ3v) is 4.87. The molecule has 1 spiro atoms. The maximum Gasteiger partial charge on any atom is 0.168 e. The van der Waals surface area contributed by atoms with Crippen molar-refractivity contribution in [2.24, 2.45) is 0 Å². The monoisotopic (exact) mass is 316 g/mol. The van der Waals surface area contributed by atoms with Crippen LogP contribution in [0.5, 0.6) is 0 Å². The summed E-state index contributed by atoms with van der Waals surface area (Å²) >= 11 is 12.2. The van der Waals surface area contributed by atoms with E-state index in [4.69, 9.17) is 37.4 Å². The molecule has 110 valence electrons. The second-order valence-corrected chi connectivity index (χ2v) is 6.12. The van der Waals surface area contributed by atoms with Crippen molar-refractivity contribution in [1.82, 2.24) is 0 Å². The van der Waals surface area contributed by atoms with Crippen molar-refractivity contribution in [2.75, 3.05) is 13.2 Å². The highest BCUT2D eigenvalue weighted by atomic mass is 35.5. The molecule has 2 aliphatic rings. The SMILES string of the molecule is Clc1cccc(COC2CCC3(CC2)OCCO3)c1Cl. The zero-order chi connectivity index (χ0) is 14.0.